The second kappa shape index (κ2) is 6.75. The first kappa shape index (κ1) is 16.2. The number of benzene rings is 1. The molecule has 0 bridgehead atoms. The number of nitriles is 1. The average molecular weight is 312 g/mol. The van der Waals surface area contributed by atoms with Gasteiger partial charge in [-0.3, -0.25) is 5.32 Å². The zero-order valence-corrected chi connectivity index (χ0v) is 13.0. The van der Waals surface area contributed by atoms with Gasteiger partial charge in [0, 0.05) is 5.69 Å². The number of anilines is 1. The summed E-state index contributed by atoms with van der Waals surface area (Å²) in [6.07, 6.45) is 2.17. The molecule has 0 fully saturated rings. The Morgan fingerprint density at radius 3 is 2.39 bits per heavy atom. The number of amides is 1. The van der Waals surface area contributed by atoms with Crippen LogP contribution in [-0.2, 0) is 4.74 Å². The van der Waals surface area contributed by atoms with Gasteiger partial charge in [-0.1, -0.05) is 0 Å². The van der Waals surface area contributed by atoms with E-state index in [-0.39, 0.29) is 11.6 Å². The van der Waals surface area contributed by atoms with Crippen LogP contribution in [0.15, 0.2) is 36.7 Å². The third-order valence-electron chi connectivity index (χ3n) is 2.46. The molecule has 1 amide bonds. The van der Waals surface area contributed by atoms with Crippen molar-refractivity contribution in [3.63, 3.8) is 0 Å². The van der Waals surface area contributed by atoms with Gasteiger partial charge in [-0.2, -0.15) is 5.26 Å². The Bertz CT molecular complexity index is 713. The molecule has 23 heavy (non-hydrogen) atoms. The second-order valence-corrected chi connectivity index (χ2v) is 5.61. The highest BCUT2D eigenvalue weighted by Gasteiger charge is 2.16. The molecule has 0 unspecified atom stereocenters. The number of rotatable bonds is 3. The van der Waals surface area contributed by atoms with Crippen molar-refractivity contribution in [2.75, 3.05) is 5.32 Å². The molecule has 0 aliphatic rings. The summed E-state index contributed by atoms with van der Waals surface area (Å²) in [5.74, 6) is 0.801. The number of carbonyl (C=O) groups is 1. The quantitative estimate of drug-likeness (QED) is 0.931. The number of hydrogen-bond acceptors (Lipinski definition) is 6. The number of ether oxygens (including phenoxy) is 2. The maximum absolute atomic E-state index is 11.7. The van der Waals surface area contributed by atoms with E-state index < -0.39 is 11.7 Å². The topological polar surface area (TPSA) is 97.1 Å². The SMILES string of the molecule is CC(C)(C)OC(=O)Nc1ccc(Oc2cnc(C#N)cn2)cc1. The lowest BCUT2D eigenvalue weighted by Gasteiger charge is -2.19. The van der Waals surface area contributed by atoms with Crippen molar-refractivity contribution >= 4 is 11.8 Å². The van der Waals surface area contributed by atoms with E-state index in [1.54, 1.807) is 45.0 Å². The van der Waals surface area contributed by atoms with Crippen LogP contribution in [0.25, 0.3) is 0 Å². The Morgan fingerprint density at radius 2 is 1.87 bits per heavy atom. The summed E-state index contributed by atoms with van der Waals surface area (Å²) >= 11 is 0. The summed E-state index contributed by atoms with van der Waals surface area (Å²) in [5, 5.41) is 11.3. The maximum atomic E-state index is 11.7. The third-order valence-corrected chi connectivity index (χ3v) is 2.46. The summed E-state index contributed by atoms with van der Waals surface area (Å²) in [6, 6.07) is 8.58. The van der Waals surface area contributed by atoms with Crippen LogP contribution >= 0.6 is 0 Å². The molecule has 1 aromatic carbocycles. The van der Waals surface area contributed by atoms with Crippen LogP contribution < -0.4 is 10.1 Å². The molecule has 2 aromatic rings. The van der Waals surface area contributed by atoms with Gasteiger partial charge in [0.05, 0.1) is 12.4 Å². The van der Waals surface area contributed by atoms with Crippen LogP contribution in [-0.4, -0.2) is 21.7 Å². The molecule has 1 aromatic heterocycles. The zero-order valence-electron chi connectivity index (χ0n) is 13.0. The van der Waals surface area contributed by atoms with Crippen molar-refractivity contribution in [1.29, 1.82) is 5.26 Å². The maximum Gasteiger partial charge on any atom is 0.412 e. The molecule has 118 valence electrons. The first-order valence-electron chi connectivity index (χ1n) is 6.86. The Morgan fingerprint density at radius 1 is 1.17 bits per heavy atom. The van der Waals surface area contributed by atoms with Crippen molar-refractivity contribution in [1.82, 2.24) is 9.97 Å². The first-order chi connectivity index (χ1) is 10.9. The standard InChI is InChI=1S/C16H16N4O3/c1-16(2,3)23-15(21)20-11-4-6-13(7-5-11)22-14-10-18-12(8-17)9-19-14/h4-7,9-10H,1-3H3,(H,20,21). The van der Waals surface area contributed by atoms with Gasteiger partial charge in [0.1, 0.15) is 17.4 Å². The highest BCUT2D eigenvalue weighted by Crippen LogP contribution is 2.21. The number of aromatic nitrogens is 2. The van der Waals surface area contributed by atoms with E-state index in [1.807, 2.05) is 6.07 Å². The van der Waals surface area contributed by atoms with Crippen LogP contribution in [0.5, 0.6) is 11.6 Å². The number of nitrogens with zero attached hydrogens (tertiary/aromatic N) is 3. The summed E-state index contributed by atoms with van der Waals surface area (Å²) in [6.45, 7) is 5.38. The van der Waals surface area contributed by atoms with Gasteiger partial charge in [0.25, 0.3) is 0 Å². The van der Waals surface area contributed by atoms with Gasteiger partial charge >= 0.3 is 6.09 Å². The van der Waals surface area contributed by atoms with Crippen LogP contribution in [0.3, 0.4) is 0 Å². The van der Waals surface area contributed by atoms with Crippen molar-refractivity contribution in [3.05, 3.63) is 42.4 Å². The van der Waals surface area contributed by atoms with E-state index in [0.29, 0.717) is 11.4 Å². The molecule has 0 saturated heterocycles. The molecule has 0 radical (unpaired) electrons. The van der Waals surface area contributed by atoms with E-state index in [1.165, 1.54) is 12.4 Å². The van der Waals surface area contributed by atoms with Crippen LogP contribution in [0.4, 0.5) is 10.5 Å². The Labute approximate surface area is 133 Å². The third kappa shape index (κ3) is 5.28. The van der Waals surface area contributed by atoms with E-state index in [9.17, 15) is 4.79 Å². The number of carbonyl (C=O) groups excluding carboxylic acids is 1. The van der Waals surface area contributed by atoms with Crippen molar-refractivity contribution in [2.45, 2.75) is 26.4 Å². The minimum Gasteiger partial charge on any atom is -0.444 e. The predicted molar refractivity (Wildman–Crippen MR) is 83.1 cm³/mol. The van der Waals surface area contributed by atoms with E-state index in [0.717, 1.165) is 0 Å². The van der Waals surface area contributed by atoms with E-state index in [2.05, 4.69) is 15.3 Å². The van der Waals surface area contributed by atoms with Gasteiger partial charge in [-0.15, -0.1) is 0 Å². The monoisotopic (exact) mass is 312 g/mol. The normalized spacial score (nSPS) is 10.5. The molecule has 2 rings (SSSR count). The van der Waals surface area contributed by atoms with Crippen molar-refractivity contribution in [3.8, 4) is 17.7 Å². The number of nitrogens with one attached hydrogen (secondary N) is 1. The Balaban J connectivity index is 1.96. The van der Waals surface area contributed by atoms with Gasteiger partial charge < -0.3 is 9.47 Å². The highest BCUT2D eigenvalue weighted by atomic mass is 16.6. The molecule has 0 aliphatic carbocycles. The lowest BCUT2D eigenvalue weighted by molar-refractivity contribution is 0.0636. The van der Waals surface area contributed by atoms with Crippen LogP contribution in [0, 0.1) is 11.3 Å². The highest BCUT2D eigenvalue weighted by molar-refractivity contribution is 5.84. The molecule has 0 spiro atoms. The van der Waals surface area contributed by atoms with Crippen molar-refractivity contribution < 1.29 is 14.3 Å². The summed E-state index contributed by atoms with van der Waals surface area (Å²) < 4.78 is 10.7. The summed E-state index contributed by atoms with van der Waals surface area (Å²) in [7, 11) is 0. The fraction of sp³-hybridized carbons (Fsp3) is 0.250. The van der Waals surface area contributed by atoms with Gasteiger partial charge in [0.2, 0.25) is 5.88 Å². The van der Waals surface area contributed by atoms with Gasteiger partial charge in [-0.25, -0.2) is 14.8 Å². The molecule has 0 atom stereocenters. The molecule has 0 aliphatic heterocycles. The predicted octanol–water partition coefficient (Wildman–Crippen LogP) is 3.49. The molecule has 1 heterocycles. The molecule has 1 N–H and O–H groups in total. The van der Waals surface area contributed by atoms with Crippen molar-refractivity contribution in [2.24, 2.45) is 0 Å². The minimum atomic E-state index is -0.554. The fourth-order valence-electron chi connectivity index (χ4n) is 1.58. The first-order valence-corrected chi connectivity index (χ1v) is 6.86. The van der Waals surface area contributed by atoms with E-state index >= 15 is 0 Å². The number of hydrogen-bond donors (Lipinski definition) is 1. The Hall–Kier alpha value is -3.14. The van der Waals surface area contributed by atoms with Gasteiger partial charge in [0.15, 0.2) is 5.69 Å². The second-order valence-electron chi connectivity index (χ2n) is 5.61. The summed E-state index contributed by atoms with van der Waals surface area (Å²) in [4.78, 5) is 19.5. The fourth-order valence-corrected chi connectivity index (χ4v) is 1.58. The lowest BCUT2D eigenvalue weighted by atomic mass is 10.2. The van der Waals surface area contributed by atoms with Crippen LogP contribution in [0.1, 0.15) is 26.5 Å². The van der Waals surface area contributed by atoms with Gasteiger partial charge in [-0.05, 0) is 45.0 Å². The van der Waals surface area contributed by atoms with E-state index in [4.69, 9.17) is 14.7 Å². The zero-order chi connectivity index (χ0) is 16.9. The summed E-state index contributed by atoms with van der Waals surface area (Å²) in [5.41, 5.74) is 0.244. The largest absolute Gasteiger partial charge is 0.444 e. The molecular formula is C16H16N4O3. The van der Waals surface area contributed by atoms with Crippen LogP contribution in [0.2, 0.25) is 0 Å². The molecule has 7 nitrogen and oxygen atoms in total. The lowest BCUT2D eigenvalue weighted by Crippen LogP contribution is -2.27. The average Bonchev–Trinajstić information content (AvgIpc) is 2.48. The smallest absolute Gasteiger partial charge is 0.412 e. The molecule has 7 heteroatoms. The minimum absolute atomic E-state index is 0.217. The Kier molecular flexibility index (Phi) is 4.76. The molecular weight excluding hydrogens is 296 g/mol. The molecule has 0 saturated carbocycles.